The highest BCUT2D eigenvalue weighted by molar-refractivity contribution is 7.85. The molecule has 3 nitrogen and oxygen atoms in total. The average molecular weight is 327 g/mol. The van der Waals surface area contributed by atoms with Gasteiger partial charge in [0.2, 0.25) is 0 Å². The van der Waals surface area contributed by atoms with Crippen molar-refractivity contribution in [2.45, 2.75) is 70.3 Å². The van der Waals surface area contributed by atoms with Crippen molar-refractivity contribution >= 4 is 10.8 Å². The maximum Gasteiger partial charge on any atom is 0.178 e. The molecule has 2 unspecified atom stereocenters. The number of aliphatic hydroxyl groups excluding tert-OH is 1. The summed E-state index contributed by atoms with van der Waals surface area (Å²) in [5.74, 6) is 0.773. The topological polar surface area (TPSA) is 57.5 Å². The molecular formula is C18H30O3S. The van der Waals surface area contributed by atoms with E-state index in [1.807, 2.05) is 19.1 Å². The van der Waals surface area contributed by atoms with Gasteiger partial charge < -0.3 is 10.2 Å². The largest absolute Gasteiger partial charge is 0.364 e. The van der Waals surface area contributed by atoms with Crippen LogP contribution >= 0.6 is 0 Å². The Labute approximate surface area is 137 Å². The summed E-state index contributed by atoms with van der Waals surface area (Å²) in [4.78, 5) is 0. The molecule has 0 saturated carbocycles. The van der Waals surface area contributed by atoms with Crippen LogP contribution in [0.2, 0.25) is 0 Å². The van der Waals surface area contributed by atoms with Crippen LogP contribution in [0.4, 0.5) is 0 Å². The smallest absolute Gasteiger partial charge is 0.178 e. The molecule has 126 valence electrons. The van der Waals surface area contributed by atoms with Gasteiger partial charge >= 0.3 is 0 Å². The van der Waals surface area contributed by atoms with E-state index < -0.39 is 17.1 Å². The molecule has 0 saturated heterocycles. The van der Waals surface area contributed by atoms with Gasteiger partial charge in [0.25, 0.3) is 0 Å². The second-order valence-electron chi connectivity index (χ2n) is 5.99. The van der Waals surface area contributed by atoms with E-state index in [4.69, 9.17) is 0 Å². The quantitative estimate of drug-likeness (QED) is 0.481. The van der Waals surface area contributed by atoms with Crippen LogP contribution in [0.25, 0.3) is 0 Å². The molecular weight excluding hydrogens is 296 g/mol. The van der Waals surface area contributed by atoms with Crippen LogP contribution in [0.3, 0.4) is 0 Å². The molecule has 0 heterocycles. The van der Waals surface area contributed by atoms with Crippen molar-refractivity contribution in [3.63, 3.8) is 0 Å². The van der Waals surface area contributed by atoms with Gasteiger partial charge in [0.1, 0.15) is 0 Å². The van der Waals surface area contributed by atoms with Gasteiger partial charge in [0.15, 0.2) is 6.29 Å². The summed E-state index contributed by atoms with van der Waals surface area (Å²) in [6.45, 7) is 4.22. The van der Waals surface area contributed by atoms with Crippen LogP contribution < -0.4 is 0 Å². The predicted octanol–water partition coefficient (Wildman–Crippen LogP) is 3.71. The Morgan fingerprint density at radius 3 is 2.45 bits per heavy atom. The van der Waals surface area contributed by atoms with Crippen LogP contribution in [-0.4, -0.2) is 25.4 Å². The summed E-state index contributed by atoms with van der Waals surface area (Å²) in [5.41, 5.74) is 1.50. The van der Waals surface area contributed by atoms with Gasteiger partial charge in [-0.05, 0) is 18.4 Å². The van der Waals surface area contributed by atoms with Crippen LogP contribution in [0, 0.1) is 0 Å². The molecule has 0 fully saturated rings. The van der Waals surface area contributed by atoms with Gasteiger partial charge in [-0.15, -0.1) is 0 Å². The minimum Gasteiger partial charge on any atom is -0.364 e. The van der Waals surface area contributed by atoms with E-state index in [-0.39, 0.29) is 5.25 Å². The third-order valence-corrected chi connectivity index (χ3v) is 5.68. The van der Waals surface area contributed by atoms with Crippen LogP contribution in [0.5, 0.6) is 0 Å². The Balaban J connectivity index is 2.33. The molecule has 0 spiro atoms. The summed E-state index contributed by atoms with van der Waals surface area (Å²) in [7, 11) is -0.815. The lowest BCUT2D eigenvalue weighted by molar-refractivity contribution is -0.0425. The SMILES string of the molecule is CCCCCCCCS(=O)C(C)Cc1cccc(C(O)O)c1. The molecule has 0 amide bonds. The molecule has 0 aliphatic rings. The van der Waals surface area contributed by atoms with Gasteiger partial charge in [0, 0.05) is 27.4 Å². The second-order valence-corrected chi connectivity index (χ2v) is 7.96. The van der Waals surface area contributed by atoms with E-state index in [1.165, 1.54) is 32.1 Å². The lowest BCUT2D eigenvalue weighted by Crippen LogP contribution is -2.17. The molecule has 0 aliphatic heterocycles. The molecule has 22 heavy (non-hydrogen) atoms. The molecule has 0 aliphatic carbocycles. The Kier molecular flexibility index (Phi) is 9.60. The maximum atomic E-state index is 12.3. The molecule has 0 bridgehead atoms. The van der Waals surface area contributed by atoms with E-state index in [9.17, 15) is 14.4 Å². The third kappa shape index (κ3) is 7.52. The third-order valence-electron chi connectivity index (χ3n) is 3.92. The predicted molar refractivity (Wildman–Crippen MR) is 93.2 cm³/mol. The minimum atomic E-state index is -1.44. The maximum absolute atomic E-state index is 12.3. The fourth-order valence-corrected chi connectivity index (χ4v) is 3.80. The van der Waals surface area contributed by atoms with Crippen molar-refractivity contribution in [1.82, 2.24) is 0 Å². The molecule has 0 radical (unpaired) electrons. The summed E-state index contributed by atoms with van der Waals surface area (Å²) in [6.07, 6.45) is 6.56. The monoisotopic (exact) mass is 326 g/mol. The minimum absolute atomic E-state index is 0.0988. The van der Waals surface area contributed by atoms with E-state index in [2.05, 4.69) is 6.92 Å². The van der Waals surface area contributed by atoms with Crippen molar-refractivity contribution in [2.24, 2.45) is 0 Å². The zero-order valence-corrected chi connectivity index (χ0v) is 14.6. The summed E-state index contributed by atoms with van der Waals surface area (Å²) in [6, 6.07) is 7.23. The zero-order valence-electron chi connectivity index (χ0n) is 13.8. The van der Waals surface area contributed by atoms with Crippen molar-refractivity contribution in [2.75, 3.05) is 5.75 Å². The summed E-state index contributed by atoms with van der Waals surface area (Å²) < 4.78 is 12.3. The Bertz CT molecular complexity index is 446. The van der Waals surface area contributed by atoms with Crippen molar-refractivity contribution < 1.29 is 14.4 Å². The fraction of sp³-hybridized carbons (Fsp3) is 0.667. The molecule has 2 atom stereocenters. The van der Waals surface area contributed by atoms with E-state index in [0.29, 0.717) is 12.0 Å². The first-order valence-electron chi connectivity index (χ1n) is 8.36. The number of hydrogen-bond acceptors (Lipinski definition) is 3. The molecule has 2 N–H and O–H groups in total. The summed E-state index contributed by atoms with van der Waals surface area (Å²) >= 11 is 0. The fourth-order valence-electron chi connectivity index (χ4n) is 2.53. The van der Waals surface area contributed by atoms with Gasteiger partial charge in [-0.1, -0.05) is 70.2 Å². The van der Waals surface area contributed by atoms with Gasteiger partial charge in [-0.2, -0.15) is 0 Å². The molecule has 1 aromatic rings. The first kappa shape index (κ1) is 19.3. The zero-order chi connectivity index (χ0) is 16.4. The van der Waals surface area contributed by atoms with Crippen molar-refractivity contribution in [3.8, 4) is 0 Å². The van der Waals surface area contributed by atoms with Gasteiger partial charge in [-0.3, -0.25) is 4.21 Å². The van der Waals surface area contributed by atoms with E-state index in [0.717, 1.165) is 17.7 Å². The average Bonchev–Trinajstić information content (AvgIpc) is 2.50. The highest BCUT2D eigenvalue weighted by Crippen LogP contribution is 2.15. The Hall–Kier alpha value is -0.710. The highest BCUT2D eigenvalue weighted by Gasteiger charge is 2.12. The molecule has 0 aromatic heterocycles. The number of rotatable bonds is 11. The lowest BCUT2D eigenvalue weighted by Gasteiger charge is -2.13. The molecule has 1 aromatic carbocycles. The van der Waals surface area contributed by atoms with Crippen LogP contribution in [-0.2, 0) is 17.2 Å². The number of aliphatic hydroxyl groups is 2. The van der Waals surface area contributed by atoms with Crippen molar-refractivity contribution in [3.05, 3.63) is 35.4 Å². The standard InChI is InChI=1S/C18H30O3S/c1-3-4-5-6-7-8-12-22(21)15(2)13-16-10-9-11-17(14-16)18(19)20/h9-11,14-15,18-20H,3-8,12-13H2,1-2H3. The molecule has 4 heteroatoms. The Morgan fingerprint density at radius 2 is 1.77 bits per heavy atom. The molecule has 1 rings (SSSR count). The number of benzene rings is 1. The lowest BCUT2D eigenvalue weighted by atomic mass is 10.1. The first-order valence-corrected chi connectivity index (χ1v) is 9.75. The van der Waals surface area contributed by atoms with E-state index in [1.54, 1.807) is 12.1 Å². The van der Waals surface area contributed by atoms with Crippen molar-refractivity contribution in [1.29, 1.82) is 0 Å². The van der Waals surface area contributed by atoms with E-state index >= 15 is 0 Å². The Morgan fingerprint density at radius 1 is 1.09 bits per heavy atom. The summed E-state index contributed by atoms with van der Waals surface area (Å²) in [5, 5.41) is 18.5. The van der Waals surface area contributed by atoms with Crippen LogP contribution in [0.15, 0.2) is 24.3 Å². The van der Waals surface area contributed by atoms with Gasteiger partial charge in [0.05, 0.1) is 0 Å². The number of unbranched alkanes of at least 4 members (excludes halogenated alkanes) is 5. The first-order chi connectivity index (χ1) is 10.5. The second kappa shape index (κ2) is 10.9. The highest BCUT2D eigenvalue weighted by atomic mass is 32.2. The number of hydrogen-bond donors (Lipinski definition) is 2. The van der Waals surface area contributed by atoms with Gasteiger partial charge in [-0.25, -0.2) is 0 Å². The normalized spacial score (nSPS) is 14.2. The van der Waals surface area contributed by atoms with Crippen LogP contribution in [0.1, 0.15) is 69.8 Å².